The van der Waals surface area contributed by atoms with Gasteiger partial charge in [-0.25, -0.2) is 25.6 Å². The molecule has 0 fully saturated rings. The molecule has 0 unspecified atom stereocenters. The van der Waals surface area contributed by atoms with Crippen LogP contribution in [-0.4, -0.2) is 49.8 Å². The molecule has 20 heteroatoms. The molecule has 0 aromatic rings. The Morgan fingerprint density at radius 2 is 1.00 bits per heavy atom. The van der Waals surface area contributed by atoms with Gasteiger partial charge >= 0.3 is 100 Å². The van der Waals surface area contributed by atoms with Gasteiger partial charge in [-0.05, 0) is 0 Å². The topological polar surface area (TPSA) is 71.5 Å². The van der Waals surface area contributed by atoms with E-state index in [0.717, 1.165) is 0 Å². The van der Waals surface area contributed by atoms with Crippen LogP contribution in [0.4, 0.5) is 52.8 Å². The van der Waals surface area contributed by atoms with Crippen molar-refractivity contribution in [3.05, 3.63) is 0 Å². The molecule has 0 aliphatic rings. The summed E-state index contributed by atoms with van der Waals surface area (Å²) in [5.41, 5.74) is 0. The summed E-state index contributed by atoms with van der Waals surface area (Å²) in [5.74, 6) is -7.04. The number of rotatable bonds is 6. The van der Waals surface area contributed by atoms with Crippen molar-refractivity contribution in [2.45, 2.75) is 29.0 Å². The summed E-state index contributed by atoms with van der Waals surface area (Å²) in [5, 5.41) is -14.8. The molecule has 0 N–H and O–H groups in total. The fourth-order valence-electron chi connectivity index (χ4n) is 0.755. The number of nitrogens with zero attached hydrogens (tertiary/aromatic N) is 1. The largest absolute Gasteiger partial charge is 1.00 e. The van der Waals surface area contributed by atoms with E-state index in [0.29, 0.717) is 0 Å². The number of hydrogen-bond donors (Lipinski definition) is 0. The first kappa shape index (κ1) is 27.9. The third-order valence-electron chi connectivity index (χ3n) is 2.02. The molecule has 0 aliphatic carbocycles. The molecule has 148 valence electrons. The molecule has 0 rings (SSSR count). The van der Waals surface area contributed by atoms with Crippen LogP contribution >= 0.6 is 0 Å². The Kier molecular flexibility index (Phi) is 8.45. The zero-order valence-corrected chi connectivity index (χ0v) is 15.8. The van der Waals surface area contributed by atoms with E-state index in [2.05, 4.69) is 0 Å². The van der Waals surface area contributed by atoms with Crippen molar-refractivity contribution >= 4 is 20.0 Å². The Morgan fingerprint density at radius 3 is 1.24 bits per heavy atom. The van der Waals surface area contributed by atoms with Crippen molar-refractivity contribution in [3.63, 3.8) is 0 Å². The molecule has 0 saturated heterocycles. The van der Waals surface area contributed by atoms with Crippen LogP contribution in [0.15, 0.2) is 0 Å². The number of halogens is 12. The maximum absolute atomic E-state index is 12.9. The van der Waals surface area contributed by atoms with Crippen molar-refractivity contribution < 1.29 is 122 Å². The first-order chi connectivity index (χ1) is 10.1. The molecule has 5 nitrogen and oxygen atoms in total. The minimum Gasteiger partial charge on any atom is -1.00 e. The van der Waals surface area contributed by atoms with Gasteiger partial charge in [0.1, 0.15) is 0 Å². The van der Waals surface area contributed by atoms with Crippen LogP contribution in [0, 0.1) is 0 Å². The zero-order chi connectivity index (χ0) is 20.2. The number of sulfonamides is 2. The van der Waals surface area contributed by atoms with Crippen LogP contribution in [-0.2, 0) is 20.0 Å². The molecule has 0 saturated carbocycles. The fourth-order valence-corrected chi connectivity index (χ4v) is 3.44. The van der Waals surface area contributed by atoms with Crippen LogP contribution < -0.4 is 51.4 Å². The Hall–Kier alpha value is 0.656. The molecular formula is C5H2F12KNO4S2. The van der Waals surface area contributed by atoms with Crippen molar-refractivity contribution in [1.29, 1.82) is 0 Å². The van der Waals surface area contributed by atoms with Crippen molar-refractivity contribution in [2.24, 2.45) is 0 Å². The van der Waals surface area contributed by atoms with E-state index in [4.69, 9.17) is 0 Å². The van der Waals surface area contributed by atoms with E-state index in [1.165, 1.54) is 0 Å². The van der Waals surface area contributed by atoms with E-state index in [9.17, 15) is 69.6 Å². The van der Waals surface area contributed by atoms with Crippen LogP contribution in [0.3, 0.4) is 0 Å². The zero-order valence-electron chi connectivity index (χ0n) is 12.0. The van der Waals surface area contributed by atoms with Crippen molar-refractivity contribution in [1.82, 2.24) is 3.93 Å². The second-order valence-corrected chi connectivity index (χ2v) is 7.42. The first-order valence-corrected chi connectivity index (χ1v) is 7.42. The van der Waals surface area contributed by atoms with Crippen LogP contribution in [0.25, 0.3) is 0 Å². The molecule has 0 heterocycles. The molecule has 0 atom stereocenters. The first-order valence-electron chi connectivity index (χ1n) is 4.54. The van der Waals surface area contributed by atoms with Gasteiger partial charge in [-0.1, -0.05) is 0 Å². The van der Waals surface area contributed by atoms with Crippen molar-refractivity contribution in [2.75, 3.05) is 0 Å². The second kappa shape index (κ2) is 7.58. The molecule has 0 radical (unpaired) electrons. The maximum atomic E-state index is 12.9. The van der Waals surface area contributed by atoms with Gasteiger partial charge in [0.15, 0.2) is 0 Å². The average Bonchev–Trinajstić information content (AvgIpc) is 2.35. The van der Waals surface area contributed by atoms with Crippen molar-refractivity contribution in [3.8, 4) is 0 Å². The quantitative estimate of drug-likeness (QED) is 0.300. The van der Waals surface area contributed by atoms with Gasteiger partial charge in [0.05, 0.1) is 3.93 Å². The number of hydrogen-bond acceptors (Lipinski definition) is 4. The fraction of sp³-hybridized carbons (Fsp3) is 1.00. The summed E-state index contributed by atoms with van der Waals surface area (Å²) >= 11 is 0. The SMILES string of the molecule is O=S(=O)(N(F)S(=O)(=O)C(F)(F)C(F)(F)C(F)F)C(F)(F)C(F)(F)F.[H-].[K+]. The smallest absolute Gasteiger partial charge is 1.00 e. The Morgan fingerprint density at radius 1 is 0.720 bits per heavy atom. The average molecular weight is 471 g/mol. The minimum absolute atomic E-state index is 0. The second-order valence-electron chi connectivity index (χ2n) is 3.62. The van der Waals surface area contributed by atoms with Crippen LogP contribution in [0.5, 0.6) is 0 Å². The number of alkyl halides is 11. The van der Waals surface area contributed by atoms with Crippen LogP contribution in [0.1, 0.15) is 1.43 Å². The molecule has 25 heavy (non-hydrogen) atoms. The van der Waals surface area contributed by atoms with E-state index in [-0.39, 0.29) is 52.8 Å². The standard InChI is InChI=1S/C5HF12NO4S2.K.H/c6-1(7)2(8,9)4(13,14)23(19,20)18(17)24(21,22)5(15,16)3(10,11)12;;/h1H;;/q;+1;-1. The summed E-state index contributed by atoms with van der Waals surface area (Å²) in [6, 6.07) is 0. The summed E-state index contributed by atoms with van der Waals surface area (Å²) in [6.07, 6.45) is -12.9. The predicted molar refractivity (Wildman–Crippen MR) is 48.8 cm³/mol. The summed E-state index contributed by atoms with van der Waals surface area (Å²) in [7, 11) is -16.6. The Balaban J connectivity index is -0.00000264. The Bertz CT molecular complexity index is 691. The molecule has 0 aromatic carbocycles. The van der Waals surface area contributed by atoms with E-state index in [1.807, 2.05) is 0 Å². The molecular weight excluding hydrogens is 469 g/mol. The summed E-state index contributed by atoms with van der Waals surface area (Å²) in [6.45, 7) is 0. The van der Waals surface area contributed by atoms with E-state index < -0.39 is 53.0 Å². The van der Waals surface area contributed by atoms with Gasteiger partial charge in [0.25, 0.3) is 0 Å². The molecule has 0 bridgehead atoms. The normalized spacial score (nSPS) is 15.4. The predicted octanol–water partition coefficient (Wildman–Crippen LogP) is -0.403. The molecule has 0 aliphatic heterocycles. The summed E-state index contributed by atoms with van der Waals surface area (Å²) in [4.78, 5) is 0. The maximum Gasteiger partial charge on any atom is 1.00 e. The molecule has 0 spiro atoms. The van der Waals surface area contributed by atoms with Gasteiger partial charge in [0.2, 0.25) is 0 Å². The van der Waals surface area contributed by atoms with Crippen LogP contribution in [0.2, 0.25) is 0 Å². The van der Waals surface area contributed by atoms with Gasteiger partial charge < -0.3 is 1.43 Å². The summed E-state index contributed by atoms with van der Waals surface area (Å²) < 4.78 is 185. The van der Waals surface area contributed by atoms with E-state index >= 15 is 0 Å². The van der Waals surface area contributed by atoms with Gasteiger partial charge in [-0.3, -0.25) is 0 Å². The van der Waals surface area contributed by atoms with Gasteiger partial charge in [-0.15, -0.1) is 4.48 Å². The van der Waals surface area contributed by atoms with Gasteiger partial charge in [-0.2, -0.15) is 39.5 Å². The monoisotopic (exact) mass is 471 g/mol. The Labute approximate surface area is 174 Å². The molecule has 0 aromatic heterocycles. The van der Waals surface area contributed by atoms with Gasteiger partial charge in [0, 0.05) is 0 Å². The third kappa shape index (κ3) is 4.24. The third-order valence-corrected chi connectivity index (χ3v) is 5.75. The minimum atomic E-state index is -8.31. The molecule has 0 amide bonds. The van der Waals surface area contributed by atoms with E-state index in [1.54, 1.807) is 0 Å².